The maximum Gasteiger partial charge on any atom is 0.264 e. The van der Waals surface area contributed by atoms with Gasteiger partial charge in [0.2, 0.25) is 0 Å². The molecule has 0 heterocycles. The number of halogens is 2. The van der Waals surface area contributed by atoms with Crippen molar-refractivity contribution in [2.45, 2.75) is 11.8 Å². The Balaban J connectivity index is 2.62. The lowest BCUT2D eigenvalue weighted by Crippen LogP contribution is -2.29. The van der Waals surface area contributed by atoms with Gasteiger partial charge in [-0.25, -0.2) is 8.42 Å². The van der Waals surface area contributed by atoms with Gasteiger partial charge in [-0.3, -0.25) is 9.10 Å². The molecule has 0 aliphatic rings. The number of hydrogen-bond acceptors (Lipinski definition) is 3. The van der Waals surface area contributed by atoms with Crippen LogP contribution in [0.15, 0.2) is 50.2 Å². The van der Waals surface area contributed by atoms with Crippen LogP contribution in [0, 0.1) is 6.92 Å². The van der Waals surface area contributed by atoms with Gasteiger partial charge in [0.25, 0.3) is 15.9 Å². The van der Waals surface area contributed by atoms with Crippen LogP contribution < -0.4 is 10.0 Å². The highest BCUT2D eigenvalue weighted by Gasteiger charge is 2.27. The first kappa shape index (κ1) is 18.0. The fraction of sp³-hybridized carbons (Fsp3) is 0.133. The van der Waals surface area contributed by atoms with Crippen LogP contribution in [0.5, 0.6) is 0 Å². The molecule has 0 saturated heterocycles. The predicted octanol–water partition coefficient (Wildman–Crippen LogP) is 3.44. The van der Waals surface area contributed by atoms with Crippen LogP contribution in [0.25, 0.3) is 0 Å². The summed E-state index contributed by atoms with van der Waals surface area (Å²) in [6.07, 6.45) is 0. The van der Waals surface area contributed by atoms with E-state index in [4.69, 9.17) is 5.73 Å². The topological polar surface area (TPSA) is 80.5 Å². The van der Waals surface area contributed by atoms with E-state index in [0.717, 1.165) is 9.87 Å². The summed E-state index contributed by atoms with van der Waals surface area (Å²) in [5, 5.41) is 0. The molecule has 0 atom stereocenters. The van der Waals surface area contributed by atoms with Crippen LogP contribution in [0.1, 0.15) is 15.9 Å². The molecule has 0 radical (unpaired) electrons. The molecule has 122 valence electrons. The summed E-state index contributed by atoms with van der Waals surface area (Å²) in [7, 11) is -2.44. The van der Waals surface area contributed by atoms with E-state index in [2.05, 4.69) is 31.9 Å². The minimum Gasteiger partial charge on any atom is -0.366 e. The quantitative estimate of drug-likeness (QED) is 0.757. The summed E-state index contributed by atoms with van der Waals surface area (Å²) in [4.78, 5) is 11.8. The lowest BCUT2D eigenvalue weighted by Gasteiger charge is -2.23. The van der Waals surface area contributed by atoms with Gasteiger partial charge < -0.3 is 5.73 Å². The number of anilines is 1. The third kappa shape index (κ3) is 3.59. The molecule has 0 aliphatic heterocycles. The molecule has 2 N–H and O–H groups in total. The van der Waals surface area contributed by atoms with Crippen LogP contribution in [0.2, 0.25) is 0 Å². The van der Waals surface area contributed by atoms with Crippen molar-refractivity contribution in [3.63, 3.8) is 0 Å². The van der Waals surface area contributed by atoms with E-state index in [1.807, 2.05) is 6.92 Å². The molecule has 2 aromatic rings. The summed E-state index contributed by atoms with van der Waals surface area (Å²) in [6.45, 7) is 1.87. The smallest absolute Gasteiger partial charge is 0.264 e. The summed E-state index contributed by atoms with van der Waals surface area (Å²) in [6, 6.07) is 9.63. The molecule has 0 bridgehead atoms. The second-order valence-electron chi connectivity index (χ2n) is 4.93. The lowest BCUT2D eigenvalue weighted by molar-refractivity contribution is 0.100. The van der Waals surface area contributed by atoms with Crippen molar-refractivity contribution in [3.8, 4) is 0 Å². The fourth-order valence-electron chi connectivity index (χ4n) is 2.06. The van der Waals surface area contributed by atoms with Gasteiger partial charge in [-0.05, 0) is 47.1 Å². The molecular weight excluding hydrogens is 448 g/mol. The Kier molecular flexibility index (Phi) is 5.17. The third-order valence-corrected chi connectivity index (χ3v) is 6.12. The van der Waals surface area contributed by atoms with E-state index in [0.29, 0.717) is 8.95 Å². The van der Waals surface area contributed by atoms with Crippen molar-refractivity contribution >= 4 is 53.5 Å². The Labute approximate surface area is 151 Å². The fourth-order valence-corrected chi connectivity index (χ4v) is 4.90. The van der Waals surface area contributed by atoms with Gasteiger partial charge in [0, 0.05) is 16.0 Å². The van der Waals surface area contributed by atoms with E-state index in [-0.39, 0.29) is 16.1 Å². The van der Waals surface area contributed by atoms with Crippen LogP contribution in [0.3, 0.4) is 0 Å². The standard InChI is InChI=1S/C15H14Br2N2O3S/c1-9-3-5-11(6-4-9)23(21,22)19(2)14-12(15(18)20)7-10(16)8-13(14)17/h3-8H,1-2H3,(H2,18,20). The normalized spacial score (nSPS) is 11.3. The van der Waals surface area contributed by atoms with Crippen molar-refractivity contribution in [2.24, 2.45) is 5.73 Å². The number of nitrogens with zero attached hydrogens (tertiary/aromatic N) is 1. The number of aryl methyl sites for hydroxylation is 1. The molecule has 0 fully saturated rings. The van der Waals surface area contributed by atoms with Crippen molar-refractivity contribution in [1.82, 2.24) is 0 Å². The summed E-state index contributed by atoms with van der Waals surface area (Å²) >= 11 is 6.56. The average Bonchev–Trinajstić information content (AvgIpc) is 2.46. The highest BCUT2D eigenvalue weighted by molar-refractivity contribution is 9.11. The van der Waals surface area contributed by atoms with Gasteiger partial charge in [-0.1, -0.05) is 33.6 Å². The number of hydrogen-bond donors (Lipinski definition) is 1. The number of amides is 1. The Morgan fingerprint density at radius 3 is 2.22 bits per heavy atom. The maximum absolute atomic E-state index is 12.8. The average molecular weight is 462 g/mol. The molecule has 8 heteroatoms. The highest BCUT2D eigenvalue weighted by atomic mass is 79.9. The van der Waals surface area contributed by atoms with Gasteiger partial charge in [0.1, 0.15) is 0 Å². The molecule has 0 spiro atoms. The van der Waals surface area contributed by atoms with E-state index in [1.165, 1.54) is 25.2 Å². The summed E-state index contributed by atoms with van der Waals surface area (Å²) in [5.41, 5.74) is 6.64. The van der Waals surface area contributed by atoms with Crippen molar-refractivity contribution in [1.29, 1.82) is 0 Å². The summed E-state index contributed by atoms with van der Waals surface area (Å²) < 4.78 is 27.7. The molecule has 0 aliphatic carbocycles. The number of rotatable bonds is 4. The Morgan fingerprint density at radius 2 is 1.70 bits per heavy atom. The van der Waals surface area contributed by atoms with Gasteiger partial charge in [0.15, 0.2) is 0 Å². The monoisotopic (exact) mass is 460 g/mol. The number of benzene rings is 2. The molecule has 1 amide bonds. The van der Waals surface area contributed by atoms with E-state index in [1.54, 1.807) is 18.2 Å². The number of sulfonamides is 1. The van der Waals surface area contributed by atoms with E-state index in [9.17, 15) is 13.2 Å². The van der Waals surface area contributed by atoms with Crippen molar-refractivity contribution in [3.05, 3.63) is 56.5 Å². The maximum atomic E-state index is 12.8. The minimum absolute atomic E-state index is 0.101. The van der Waals surface area contributed by atoms with Gasteiger partial charge in [0.05, 0.1) is 16.1 Å². The SMILES string of the molecule is Cc1ccc(S(=O)(=O)N(C)c2c(Br)cc(Br)cc2C(N)=O)cc1. The first-order chi connectivity index (χ1) is 10.6. The number of nitrogens with two attached hydrogens (primary N) is 1. The predicted molar refractivity (Wildman–Crippen MR) is 97.1 cm³/mol. The highest BCUT2D eigenvalue weighted by Crippen LogP contribution is 2.35. The van der Waals surface area contributed by atoms with Crippen LogP contribution in [-0.4, -0.2) is 21.4 Å². The zero-order chi connectivity index (χ0) is 17.4. The van der Waals surface area contributed by atoms with Crippen LogP contribution in [-0.2, 0) is 10.0 Å². The van der Waals surface area contributed by atoms with E-state index < -0.39 is 15.9 Å². The first-order valence-electron chi connectivity index (χ1n) is 6.49. The van der Waals surface area contributed by atoms with E-state index >= 15 is 0 Å². The van der Waals surface area contributed by atoms with Gasteiger partial charge >= 0.3 is 0 Å². The zero-order valence-electron chi connectivity index (χ0n) is 12.4. The largest absolute Gasteiger partial charge is 0.366 e. The number of primary amides is 1. The molecule has 2 aromatic carbocycles. The van der Waals surface area contributed by atoms with Crippen molar-refractivity contribution < 1.29 is 13.2 Å². The Morgan fingerprint density at radius 1 is 1.13 bits per heavy atom. The minimum atomic E-state index is -3.82. The zero-order valence-corrected chi connectivity index (χ0v) is 16.4. The third-order valence-electron chi connectivity index (χ3n) is 3.29. The van der Waals surface area contributed by atoms with Gasteiger partial charge in [-0.15, -0.1) is 0 Å². The van der Waals surface area contributed by atoms with Crippen molar-refractivity contribution in [2.75, 3.05) is 11.4 Å². The molecule has 2 rings (SSSR count). The molecule has 0 aromatic heterocycles. The molecular formula is C15H14Br2N2O3S. The Bertz CT molecular complexity index is 865. The van der Waals surface area contributed by atoms with Crippen LogP contribution >= 0.6 is 31.9 Å². The lowest BCUT2D eigenvalue weighted by atomic mass is 10.1. The first-order valence-corrected chi connectivity index (χ1v) is 9.51. The van der Waals surface area contributed by atoms with Gasteiger partial charge in [-0.2, -0.15) is 0 Å². The number of carbonyl (C=O) groups excluding carboxylic acids is 1. The molecule has 0 saturated carbocycles. The molecule has 0 unspecified atom stereocenters. The summed E-state index contributed by atoms with van der Waals surface area (Å²) in [5.74, 6) is -0.715. The second-order valence-corrected chi connectivity index (χ2v) is 8.67. The molecule has 5 nitrogen and oxygen atoms in total. The Hall–Kier alpha value is -1.38. The second kappa shape index (κ2) is 6.62. The van der Waals surface area contributed by atoms with Crippen LogP contribution in [0.4, 0.5) is 5.69 Å². The number of carbonyl (C=O) groups is 1. The molecule has 23 heavy (non-hydrogen) atoms.